The van der Waals surface area contributed by atoms with Crippen molar-refractivity contribution in [2.75, 3.05) is 27.2 Å². The van der Waals surface area contributed by atoms with Crippen LogP contribution in [0, 0.1) is 5.92 Å². The zero-order chi connectivity index (χ0) is 14.8. The van der Waals surface area contributed by atoms with Gasteiger partial charge in [0.1, 0.15) is 0 Å². The van der Waals surface area contributed by atoms with E-state index in [0.717, 1.165) is 13.0 Å². The van der Waals surface area contributed by atoms with Gasteiger partial charge in [-0.1, -0.05) is 13.0 Å². The number of carbonyl (C=O) groups excluding carboxylic acids is 1. The van der Waals surface area contributed by atoms with E-state index in [2.05, 4.69) is 44.8 Å². The molecule has 20 heavy (non-hydrogen) atoms. The maximum absolute atomic E-state index is 11.0. The zero-order valence-corrected chi connectivity index (χ0v) is 13.1. The van der Waals surface area contributed by atoms with Gasteiger partial charge in [-0.3, -0.25) is 9.79 Å². The van der Waals surface area contributed by atoms with Crippen LogP contribution < -0.4 is 10.6 Å². The summed E-state index contributed by atoms with van der Waals surface area (Å²) in [7, 11) is 3.11. The molecule has 2 N–H and O–H groups in total. The summed E-state index contributed by atoms with van der Waals surface area (Å²) in [6.45, 7) is 3.57. The first-order chi connectivity index (χ1) is 9.65. The van der Waals surface area contributed by atoms with Gasteiger partial charge < -0.3 is 15.4 Å². The number of hydrogen-bond donors (Lipinski definition) is 2. The number of aliphatic imine (C=N–C) groups is 1. The third-order valence-electron chi connectivity index (χ3n) is 2.82. The second-order valence-corrected chi connectivity index (χ2v) is 5.63. The van der Waals surface area contributed by atoms with Gasteiger partial charge in [0.2, 0.25) is 0 Å². The Bertz CT molecular complexity index is 418. The Kier molecular flexibility index (Phi) is 7.72. The standard InChI is InChI=1S/C14H23N3O2S/c1-11(9-12-5-4-8-20-12)10-17-14(15-2)16-7-6-13(18)19-3/h4-5,8,11H,6-7,9-10H2,1-3H3,(H2,15,16,17). The number of ether oxygens (including phenoxy) is 1. The number of thiophene rings is 1. The van der Waals surface area contributed by atoms with Crippen LogP contribution in [0.2, 0.25) is 0 Å². The van der Waals surface area contributed by atoms with Crippen LogP contribution in [-0.2, 0) is 16.0 Å². The lowest BCUT2D eigenvalue weighted by molar-refractivity contribution is -0.140. The molecular weight excluding hydrogens is 274 g/mol. The molecular formula is C14H23N3O2S. The summed E-state index contributed by atoms with van der Waals surface area (Å²) in [6.07, 6.45) is 1.39. The predicted molar refractivity (Wildman–Crippen MR) is 83.2 cm³/mol. The van der Waals surface area contributed by atoms with Crippen LogP contribution in [0.25, 0.3) is 0 Å². The average molecular weight is 297 g/mol. The second-order valence-electron chi connectivity index (χ2n) is 4.59. The summed E-state index contributed by atoms with van der Waals surface area (Å²) in [5.74, 6) is 1.01. The number of hydrogen-bond acceptors (Lipinski definition) is 4. The summed E-state index contributed by atoms with van der Waals surface area (Å²) < 4.78 is 4.58. The normalized spacial score (nSPS) is 12.8. The lowest BCUT2D eigenvalue weighted by atomic mass is 10.1. The van der Waals surface area contributed by atoms with Crippen LogP contribution in [0.1, 0.15) is 18.2 Å². The summed E-state index contributed by atoms with van der Waals surface area (Å²) >= 11 is 1.79. The fourth-order valence-corrected chi connectivity index (χ4v) is 2.59. The van der Waals surface area contributed by atoms with Gasteiger partial charge in [-0.25, -0.2) is 0 Å². The van der Waals surface area contributed by atoms with Crippen molar-refractivity contribution in [1.82, 2.24) is 10.6 Å². The average Bonchev–Trinajstić information content (AvgIpc) is 2.95. The third kappa shape index (κ3) is 6.56. The molecule has 0 fully saturated rings. The Morgan fingerprint density at radius 1 is 1.50 bits per heavy atom. The summed E-state index contributed by atoms with van der Waals surface area (Å²) in [5.41, 5.74) is 0. The van der Waals surface area contributed by atoms with Crippen molar-refractivity contribution < 1.29 is 9.53 Å². The molecule has 0 aromatic carbocycles. The SMILES string of the molecule is CN=C(NCCC(=O)OC)NCC(C)Cc1cccs1. The molecule has 0 spiro atoms. The predicted octanol–water partition coefficient (Wildman–Crippen LogP) is 1.65. The molecule has 1 heterocycles. The van der Waals surface area contributed by atoms with Crippen molar-refractivity contribution in [2.45, 2.75) is 19.8 Å². The molecule has 1 unspecified atom stereocenters. The third-order valence-corrected chi connectivity index (χ3v) is 3.72. The van der Waals surface area contributed by atoms with Gasteiger partial charge in [0.15, 0.2) is 5.96 Å². The van der Waals surface area contributed by atoms with E-state index in [-0.39, 0.29) is 5.97 Å². The molecule has 0 bridgehead atoms. The molecule has 5 nitrogen and oxygen atoms in total. The van der Waals surface area contributed by atoms with E-state index in [0.29, 0.717) is 24.8 Å². The van der Waals surface area contributed by atoms with Crippen molar-refractivity contribution in [3.05, 3.63) is 22.4 Å². The molecule has 1 atom stereocenters. The van der Waals surface area contributed by atoms with Crippen molar-refractivity contribution >= 4 is 23.3 Å². The second kappa shape index (κ2) is 9.36. The lowest BCUT2D eigenvalue weighted by Crippen LogP contribution is -2.40. The van der Waals surface area contributed by atoms with Gasteiger partial charge in [0.25, 0.3) is 0 Å². The van der Waals surface area contributed by atoms with Crippen molar-refractivity contribution in [3.63, 3.8) is 0 Å². The molecule has 0 aliphatic heterocycles. The first kappa shape index (κ1) is 16.5. The van der Waals surface area contributed by atoms with Gasteiger partial charge >= 0.3 is 5.97 Å². The highest BCUT2D eigenvalue weighted by atomic mass is 32.1. The Morgan fingerprint density at radius 2 is 2.30 bits per heavy atom. The van der Waals surface area contributed by atoms with Gasteiger partial charge in [-0.05, 0) is 23.8 Å². The number of rotatable bonds is 7. The summed E-state index contributed by atoms with van der Waals surface area (Å²) in [5, 5.41) is 8.45. The first-order valence-electron chi connectivity index (χ1n) is 6.69. The minimum Gasteiger partial charge on any atom is -0.469 e. The highest BCUT2D eigenvalue weighted by Gasteiger charge is 2.06. The molecule has 6 heteroatoms. The van der Waals surface area contributed by atoms with Gasteiger partial charge in [0.05, 0.1) is 13.5 Å². The first-order valence-corrected chi connectivity index (χ1v) is 7.57. The highest BCUT2D eigenvalue weighted by molar-refractivity contribution is 7.09. The smallest absolute Gasteiger partial charge is 0.307 e. The summed E-state index contributed by atoms with van der Waals surface area (Å²) in [4.78, 5) is 16.5. The van der Waals surface area contributed by atoms with Crippen molar-refractivity contribution in [1.29, 1.82) is 0 Å². The largest absolute Gasteiger partial charge is 0.469 e. The Balaban J connectivity index is 2.22. The quantitative estimate of drug-likeness (QED) is 0.456. The molecule has 0 amide bonds. The maximum Gasteiger partial charge on any atom is 0.307 e. The van der Waals surface area contributed by atoms with Crippen LogP contribution in [0.5, 0.6) is 0 Å². The molecule has 1 aromatic heterocycles. The molecule has 0 aliphatic rings. The van der Waals surface area contributed by atoms with Crippen LogP contribution in [0.15, 0.2) is 22.5 Å². The van der Waals surface area contributed by atoms with E-state index in [9.17, 15) is 4.79 Å². The lowest BCUT2D eigenvalue weighted by Gasteiger charge is -2.15. The number of nitrogens with zero attached hydrogens (tertiary/aromatic N) is 1. The summed E-state index contributed by atoms with van der Waals surface area (Å²) in [6, 6.07) is 4.23. The van der Waals surface area contributed by atoms with Crippen LogP contribution >= 0.6 is 11.3 Å². The molecule has 1 aromatic rings. The van der Waals surface area contributed by atoms with E-state index >= 15 is 0 Å². The van der Waals surface area contributed by atoms with Gasteiger partial charge in [-0.15, -0.1) is 11.3 Å². The van der Waals surface area contributed by atoms with Gasteiger partial charge in [-0.2, -0.15) is 0 Å². The fourth-order valence-electron chi connectivity index (χ4n) is 1.72. The highest BCUT2D eigenvalue weighted by Crippen LogP contribution is 2.13. The number of esters is 1. The Hall–Kier alpha value is -1.56. The maximum atomic E-state index is 11.0. The molecule has 112 valence electrons. The van der Waals surface area contributed by atoms with Crippen LogP contribution in [-0.4, -0.2) is 39.2 Å². The molecule has 0 radical (unpaired) electrons. The van der Waals surface area contributed by atoms with E-state index < -0.39 is 0 Å². The topological polar surface area (TPSA) is 62.7 Å². The van der Waals surface area contributed by atoms with E-state index in [1.807, 2.05) is 0 Å². The molecule has 1 rings (SSSR count). The van der Waals surface area contributed by atoms with Crippen LogP contribution in [0.3, 0.4) is 0 Å². The van der Waals surface area contributed by atoms with Crippen LogP contribution in [0.4, 0.5) is 0 Å². The van der Waals surface area contributed by atoms with Gasteiger partial charge in [0, 0.05) is 25.0 Å². The number of guanidine groups is 1. The number of nitrogens with one attached hydrogen (secondary N) is 2. The fraction of sp³-hybridized carbons (Fsp3) is 0.571. The Morgan fingerprint density at radius 3 is 2.90 bits per heavy atom. The number of carbonyl (C=O) groups is 1. The van der Waals surface area contributed by atoms with Crippen molar-refractivity contribution in [2.24, 2.45) is 10.9 Å². The van der Waals surface area contributed by atoms with E-state index in [4.69, 9.17) is 0 Å². The van der Waals surface area contributed by atoms with E-state index in [1.54, 1.807) is 18.4 Å². The number of methoxy groups -OCH3 is 1. The Labute approximate surface area is 124 Å². The van der Waals surface area contributed by atoms with E-state index in [1.165, 1.54) is 12.0 Å². The monoisotopic (exact) mass is 297 g/mol. The minimum absolute atomic E-state index is 0.223. The molecule has 0 saturated carbocycles. The minimum atomic E-state index is -0.223. The zero-order valence-electron chi connectivity index (χ0n) is 12.3. The molecule has 0 saturated heterocycles. The van der Waals surface area contributed by atoms with Crippen molar-refractivity contribution in [3.8, 4) is 0 Å². The molecule has 0 aliphatic carbocycles.